The fourth-order valence-electron chi connectivity index (χ4n) is 2.61. The van der Waals surface area contributed by atoms with Crippen molar-refractivity contribution in [1.29, 1.82) is 0 Å². The molecule has 0 saturated heterocycles. The molecule has 1 heterocycles. The van der Waals surface area contributed by atoms with Crippen molar-refractivity contribution in [3.05, 3.63) is 6.33 Å². The number of rotatable bonds is 4. The van der Waals surface area contributed by atoms with Crippen molar-refractivity contribution in [3.8, 4) is 5.88 Å². The molecule has 0 spiro atoms. The maximum absolute atomic E-state index is 6.11. The minimum atomic E-state index is 0.0569. The number of nitrogen functional groups attached to an aromatic ring is 1. The highest BCUT2D eigenvalue weighted by Gasteiger charge is 2.16. The van der Waals surface area contributed by atoms with Gasteiger partial charge in [-0.1, -0.05) is 32.1 Å². The maximum Gasteiger partial charge on any atom is 0.242 e. The quantitative estimate of drug-likeness (QED) is 0.883. The lowest BCUT2D eigenvalue weighted by Crippen LogP contribution is -2.22. The van der Waals surface area contributed by atoms with Gasteiger partial charge in [0.2, 0.25) is 5.88 Å². The van der Waals surface area contributed by atoms with Crippen LogP contribution in [0.15, 0.2) is 6.33 Å². The number of anilines is 2. The Hall–Kier alpha value is -1.52. The van der Waals surface area contributed by atoms with E-state index in [1.54, 1.807) is 0 Å². The lowest BCUT2D eigenvalue weighted by molar-refractivity contribution is 0.234. The van der Waals surface area contributed by atoms with Gasteiger partial charge >= 0.3 is 0 Å². The molecular formula is C15H26N4O. The van der Waals surface area contributed by atoms with Crippen LogP contribution >= 0.6 is 0 Å². The molecule has 0 atom stereocenters. The third-order valence-electron chi connectivity index (χ3n) is 3.64. The van der Waals surface area contributed by atoms with Crippen LogP contribution in [0.2, 0.25) is 0 Å². The molecule has 3 N–H and O–H groups in total. The molecule has 0 bridgehead atoms. The van der Waals surface area contributed by atoms with Gasteiger partial charge in [0.25, 0.3) is 0 Å². The van der Waals surface area contributed by atoms with Gasteiger partial charge in [-0.3, -0.25) is 0 Å². The van der Waals surface area contributed by atoms with Gasteiger partial charge in [0.05, 0.1) is 6.10 Å². The Morgan fingerprint density at radius 3 is 2.45 bits per heavy atom. The van der Waals surface area contributed by atoms with Crippen molar-refractivity contribution < 1.29 is 4.74 Å². The van der Waals surface area contributed by atoms with Crippen LogP contribution in [0, 0.1) is 0 Å². The van der Waals surface area contributed by atoms with Crippen LogP contribution in [0.4, 0.5) is 11.5 Å². The molecule has 0 radical (unpaired) electrons. The Bertz CT molecular complexity index is 414. The summed E-state index contributed by atoms with van der Waals surface area (Å²) in [5.41, 5.74) is 6.62. The Morgan fingerprint density at radius 2 is 1.80 bits per heavy atom. The lowest BCUT2D eigenvalue weighted by Gasteiger charge is -2.22. The van der Waals surface area contributed by atoms with E-state index in [9.17, 15) is 0 Å². The van der Waals surface area contributed by atoms with Gasteiger partial charge in [0.1, 0.15) is 12.0 Å². The minimum Gasteiger partial charge on any atom is -0.473 e. The van der Waals surface area contributed by atoms with Crippen molar-refractivity contribution in [3.63, 3.8) is 0 Å². The SMILES string of the molecule is CC(C)Oc1ncnc(NC2CCCCCCC2)c1N. The first-order chi connectivity index (χ1) is 9.66. The van der Waals surface area contributed by atoms with E-state index >= 15 is 0 Å². The molecule has 1 saturated carbocycles. The average molecular weight is 278 g/mol. The van der Waals surface area contributed by atoms with Crippen LogP contribution in [0.1, 0.15) is 58.8 Å². The summed E-state index contributed by atoms with van der Waals surface area (Å²) in [6, 6.07) is 0.458. The second kappa shape index (κ2) is 7.31. The highest BCUT2D eigenvalue weighted by Crippen LogP contribution is 2.28. The summed E-state index contributed by atoms with van der Waals surface area (Å²) in [6.45, 7) is 3.92. The number of hydrogen-bond donors (Lipinski definition) is 2. The number of nitrogens with two attached hydrogens (primary N) is 1. The van der Waals surface area contributed by atoms with Gasteiger partial charge in [0.15, 0.2) is 5.82 Å². The lowest BCUT2D eigenvalue weighted by atomic mass is 9.97. The van der Waals surface area contributed by atoms with Crippen LogP contribution in [0.3, 0.4) is 0 Å². The van der Waals surface area contributed by atoms with Crippen LogP contribution in [-0.4, -0.2) is 22.1 Å². The van der Waals surface area contributed by atoms with E-state index < -0.39 is 0 Å². The molecule has 0 aliphatic heterocycles. The molecule has 5 nitrogen and oxygen atoms in total. The van der Waals surface area contributed by atoms with E-state index in [-0.39, 0.29) is 6.10 Å². The molecular weight excluding hydrogens is 252 g/mol. The number of hydrogen-bond acceptors (Lipinski definition) is 5. The molecule has 5 heteroatoms. The van der Waals surface area contributed by atoms with E-state index in [1.165, 1.54) is 51.3 Å². The van der Waals surface area contributed by atoms with Gasteiger partial charge in [0, 0.05) is 6.04 Å². The van der Waals surface area contributed by atoms with Gasteiger partial charge in [-0.2, -0.15) is 4.98 Å². The zero-order valence-corrected chi connectivity index (χ0v) is 12.6. The highest BCUT2D eigenvalue weighted by atomic mass is 16.5. The molecule has 1 aliphatic carbocycles. The van der Waals surface area contributed by atoms with Gasteiger partial charge in [-0.15, -0.1) is 0 Å². The molecule has 1 fully saturated rings. The van der Waals surface area contributed by atoms with E-state index in [0.29, 0.717) is 23.4 Å². The fourth-order valence-corrected chi connectivity index (χ4v) is 2.61. The van der Waals surface area contributed by atoms with Crippen molar-refractivity contribution in [2.75, 3.05) is 11.1 Å². The third-order valence-corrected chi connectivity index (χ3v) is 3.64. The first kappa shape index (κ1) is 14.9. The number of nitrogens with one attached hydrogen (secondary N) is 1. The summed E-state index contributed by atoms with van der Waals surface area (Å²) in [4.78, 5) is 8.37. The molecule has 1 aromatic heterocycles. The van der Waals surface area contributed by atoms with E-state index in [2.05, 4.69) is 15.3 Å². The zero-order valence-electron chi connectivity index (χ0n) is 12.6. The summed E-state index contributed by atoms with van der Waals surface area (Å²) in [7, 11) is 0. The van der Waals surface area contributed by atoms with E-state index in [0.717, 1.165) is 0 Å². The van der Waals surface area contributed by atoms with Crippen molar-refractivity contribution in [2.45, 2.75) is 70.9 Å². The largest absolute Gasteiger partial charge is 0.473 e. The van der Waals surface area contributed by atoms with Crippen LogP contribution in [0.5, 0.6) is 5.88 Å². The molecule has 0 unspecified atom stereocenters. The summed E-state index contributed by atoms with van der Waals surface area (Å²) >= 11 is 0. The molecule has 1 aromatic rings. The first-order valence-electron chi connectivity index (χ1n) is 7.70. The first-order valence-corrected chi connectivity index (χ1v) is 7.70. The third kappa shape index (κ3) is 4.25. The van der Waals surface area contributed by atoms with Crippen LogP contribution in [0.25, 0.3) is 0 Å². The molecule has 20 heavy (non-hydrogen) atoms. The number of ether oxygens (including phenoxy) is 1. The monoisotopic (exact) mass is 278 g/mol. The molecule has 0 amide bonds. The molecule has 0 aromatic carbocycles. The van der Waals surface area contributed by atoms with Gasteiger partial charge in [-0.05, 0) is 26.7 Å². The topological polar surface area (TPSA) is 73.1 Å². The highest BCUT2D eigenvalue weighted by molar-refractivity contribution is 5.66. The normalized spacial score (nSPS) is 17.6. The predicted octanol–water partition coefficient (Wildman–Crippen LogP) is 3.37. The standard InChI is InChI=1S/C15H26N4O/c1-11(2)20-15-13(16)14(17-10-18-15)19-12-8-6-4-3-5-7-9-12/h10-12H,3-9,16H2,1-2H3,(H,17,18,19). The molecule has 112 valence electrons. The second-order valence-electron chi connectivity index (χ2n) is 5.79. The Morgan fingerprint density at radius 1 is 1.15 bits per heavy atom. The van der Waals surface area contributed by atoms with Gasteiger partial charge in [-0.25, -0.2) is 4.98 Å². The van der Waals surface area contributed by atoms with Crippen molar-refractivity contribution >= 4 is 11.5 Å². The summed E-state index contributed by atoms with van der Waals surface area (Å²) in [5, 5.41) is 3.47. The number of nitrogens with zero attached hydrogens (tertiary/aromatic N) is 2. The summed E-state index contributed by atoms with van der Waals surface area (Å²) < 4.78 is 5.60. The van der Waals surface area contributed by atoms with E-state index in [4.69, 9.17) is 10.5 Å². The number of aromatic nitrogens is 2. The van der Waals surface area contributed by atoms with Crippen LogP contribution < -0.4 is 15.8 Å². The minimum absolute atomic E-state index is 0.0569. The van der Waals surface area contributed by atoms with Crippen molar-refractivity contribution in [1.82, 2.24) is 9.97 Å². The second-order valence-corrected chi connectivity index (χ2v) is 5.79. The van der Waals surface area contributed by atoms with E-state index in [1.807, 2.05) is 13.8 Å². The predicted molar refractivity (Wildman–Crippen MR) is 81.9 cm³/mol. The zero-order chi connectivity index (χ0) is 14.4. The molecule has 1 aliphatic rings. The van der Waals surface area contributed by atoms with Crippen LogP contribution in [-0.2, 0) is 0 Å². The Labute approximate surface area is 121 Å². The Balaban J connectivity index is 2.04. The average Bonchev–Trinajstić information content (AvgIpc) is 2.36. The smallest absolute Gasteiger partial charge is 0.242 e. The van der Waals surface area contributed by atoms with Gasteiger partial charge < -0.3 is 15.8 Å². The summed E-state index contributed by atoms with van der Waals surface area (Å²) in [6.07, 6.45) is 10.5. The summed E-state index contributed by atoms with van der Waals surface area (Å²) in [5.74, 6) is 1.18. The fraction of sp³-hybridized carbons (Fsp3) is 0.733. The molecule has 2 rings (SSSR count). The maximum atomic E-state index is 6.11. The van der Waals surface area contributed by atoms with Crippen molar-refractivity contribution in [2.24, 2.45) is 0 Å². The Kier molecular flexibility index (Phi) is 5.44.